The van der Waals surface area contributed by atoms with Gasteiger partial charge in [-0.05, 0) is 73.6 Å². The van der Waals surface area contributed by atoms with Crippen molar-refractivity contribution >= 4 is 11.9 Å². The molecule has 2 N–H and O–H groups in total. The van der Waals surface area contributed by atoms with E-state index in [1.165, 1.54) is 60.8 Å². The van der Waals surface area contributed by atoms with Gasteiger partial charge in [0.2, 0.25) is 0 Å². The summed E-state index contributed by atoms with van der Waals surface area (Å²) in [5, 5.41) is 17.4. The van der Waals surface area contributed by atoms with E-state index in [0.717, 1.165) is 25.7 Å². The molecule has 0 bridgehead atoms. The Morgan fingerprint density at radius 1 is 0.438 bits per heavy atom. The third-order valence-corrected chi connectivity index (χ3v) is 5.94. The van der Waals surface area contributed by atoms with Crippen molar-refractivity contribution in [2.45, 2.75) is 89.9 Å². The molecule has 4 heteroatoms. The van der Waals surface area contributed by atoms with Gasteiger partial charge in [0.25, 0.3) is 0 Å². The molecule has 0 radical (unpaired) electrons. The van der Waals surface area contributed by atoms with E-state index in [-0.39, 0.29) is 12.8 Å². The predicted octanol–water partition coefficient (Wildman–Crippen LogP) is 6.63. The second-order valence-corrected chi connectivity index (χ2v) is 8.75. The van der Waals surface area contributed by atoms with Crippen LogP contribution in [0.15, 0.2) is 48.5 Å². The van der Waals surface area contributed by atoms with Gasteiger partial charge >= 0.3 is 11.9 Å². The highest BCUT2D eigenvalue weighted by atomic mass is 16.4. The minimum Gasteiger partial charge on any atom is -0.481 e. The molecule has 2 aromatic carbocycles. The average Bonchev–Trinajstić information content (AvgIpc) is 2.77. The van der Waals surface area contributed by atoms with Gasteiger partial charge in [-0.3, -0.25) is 9.59 Å². The molecule has 0 aliphatic carbocycles. The molecule has 0 amide bonds. The number of rotatable bonds is 17. The first kappa shape index (κ1) is 25.6. The zero-order valence-electron chi connectivity index (χ0n) is 19.2. The molecule has 0 heterocycles. The van der Waals surface area contributed by atoms with Crippen LogP contribution in [0.4, 0.5) is 0 Å². The summed E-state index contributed by atoms with van der Waals surface area (Å²) in [6, 6.07) is 17.3. The molecule has 0 spiro atoms. The predicted molar refractivity (Wildman–Crippen MR) is 129 cm³/mol. The minimum atomic E-state index is -0.720. The number of aliphatic carboxylic acids is 2. The molecule has 0 saturated carbocycles. The Kier molecular flexibility index (Phi) is 12.2. The van der Waals surface area contributed by atoms with E-state index in [9.17, 15) is 9.59 Å². The largest absolute Gasteiger partial charge is 0.481 e. The molecule has 0 saturated heterocycles. The molecule has 0 unspecified atom stereocenters. The zero-order valence-corrected chi connectivity index (χ0v) is 19.2. The van der Waals surface area contributed by atoms with Crippen LogP contribution in [0.5, 0.6) is 0 Å². The molecular weight excluding hydrogens is 400 g/mol. The molecule has 0 aromatic heterocycles. The smallest absolute Gasteiger partial charge is 0.303 e. The van der Waals surface area contributed by atoms with E-state index in [1.807, 2.05) is 0 Å². The van der Waals surface area contributed by atoms with Crippen molar-refractivity contribution in [3.8, 4) is 0 Å². The fraction of sp³-hybridized carbons (Fsp3) is 0.500. The number of carbonyl (C=O) groups is 2. The molecule has 174 valence electrons. The summed E-state index contributed by atoms with van der Waals surface area (Å²) in [7, 11) is 0. The Morgan fingerprint density at radius 3 is 0.969 bits per heavy atom. The van der Waals surface area contributed by atoms with Crippen LogP contribution in [0.2, 0.25) is 0 Å². The quantitative estimate of drug-likeness (QED) is 0.272. The van der Waals surface area contributed by atoms with E-state index in [4.69, 9.17) is 10.2 Å². The lowest BCUT2D eigenvalue weighted by Crippen LogP contribution is -1.96. The molecule has 0 aliphatic heterocycles. The van der Waals surface area contributed by atoms with E-state index < -0.39 is 11.9 Å². The number of unbranched alkanes of at least 4 members (excludes halogenated alkanes) is 5. The number of carboxylic acid groups (broad SMARTS) is 2. The zero-order chi connectivity index (χ0) is 23.0. The molecule has 0 fully saturated rings. The number of hydrogen-bond donors (Lipinski definition) is 2. The fourth-order valence-electron chi connectivity index (χ4n) is 4.00. The number of benzene rings is 2. The van der Waals surface area contributed by atoms with Crippen molar-refractivity contribution in [1.82, 2.24) is 0 Å². The summed E-state index contributed by atoms with van der Waals surface area (Å²) in [6.07, 6.45) is 13.4. The van der Waals surface area contributed by atoms with E-state index >= 15 is 0 Å². The van der Waals surface area contributed by atoms with Crippen molar-refractivity contribution in [1.29, 1.82) is 0 Å². The standard InChI is InChI=1S/C28H38O4/c29-27(30)13-7-11-25-19-15-23(16-20-25)9-5-3-1-2-4-6-10-24-17-21-26(22-18-24)12-8-14-28(31)32/h15-22H,1-14H2,(H,29,30)(H,31,32). The van der Waals surface area contributed by atoms with Gasteiger partial charge in [0, 0.05) is 12.8 Å². The number of carboxylic acids is 2. The SMILES string of the molecule is O=C(O)CCCc1ccc(CCCCCCCCc2ccc(CCCC(=O)O)cc2)cc1. The van der Waals surface area contributed by atoms with Gasteiger partial charge in [-0.1, -0.05) is 74.2 Å². The second-order valence-electron chi connectivity index (χ2n) is 8.75. The number of hydrogen-bond acceptors (Lipinski definition) is 2. The highest BCUT2D eigenvalue weighted by Crippen LogP contribution is 2.15. The van der Waals surface area contributed by atoms with Crippen LogP contribution in [0.25, 0.3) is 0 Å². The van der Waals surface area contributed by atoms with E-state index in [2.05, 4.69) is 48.5 Å². The first-order valence-corrected chi connectivity index (χ1v) is 12.1. The maximum atomic E-state index is 10.6. The molecule has 2 rings (SSSR count). The van der Waals surface area contributed by atoms with Crippen LogP contribution in [0, 0.1) is 0 Å². The van der Waals surface area contributed by atoms with E-state index in [0.29, 0.717) is 12.8 Å². The third kappa shape index (κ3) is 11.7. The van der Waals surface area contributed by atoms with Gasteiger partial charge in [-0.15, -0.1) is 0 Å². The van der Waals surface area contributed by atoms with Gasteiger partial charge in [-0.25, -0.2) is 0 Å². The highest BCUT2D eigenvalue weighted by molar-refractivity contribution is 5.66. The summed E-state index contributed by atoms with van der Waals surface area (Å²) in [5.74, 6) is -1.44. The lowest BCUT2D eigenvalue weighted by atomic mass is 10.0. The van der Waals surface area contributed by atoms with Crippen molar-refractivity contribution in [3.63, 3.8) is 0 Å². The first-order chi connectivity index (χ1) is 15.5. The Labute approximate surface area is 192 Å². The van der Waals surface area contributed by atoms with Gasteiger partial charge < -0.3 is 10.2 Å². The van der Waals surface area contributed by atoms with Gasteiger partial charge in [0.05, 0.1) is 0 Å². The Morgan fingerprint density at radius 2 is 0.688 bits per heavy atom. The minimum absolute atomic E-state index is 0.240. The van der Waals surface area contributed by atoms with Crippen LogP contribution in [0.1, 0.15) is 86.5 Å². The lowest BCUT2D eigenvalue weighted by molar-refractivity contribution is -0.138. The summed E-state index contributed by atoms with van der Waals surface area (Å²) < 4.78 is 0. The maximum absolute atomic E-state index is 10.6. The normalized spacial score (nSPS) is 10.9. The van der Waals surface area contributed by atoms with Crippen molar-refractivity contribution < 1.29 is 19.8 Å². The molecule has 32 heavy (non-hydrogen) atoms. The average molecular weight is 439 g/mol. The van der Waals surface area contributed by atoms with Crippen LogP contribution in [-0.2, 0) is 35.3 Å². The van der Waals surface area contributed by atoms with Crippen LogP contribution in [-0.4, -0.2) is 22.2 Å². The Hall–Kier alpha value is -2.62. The molecule has 0 atom stereocenters. The molecule has 2 aromatic rings. The molecule has 0 aliphatic rings. The topological polar surface area (TPSA) is 74.6 Å². The highest BCUT2D eigenvalue weighted by Gasteiger charge is 2.01. The molecule has 4 nitrogen and oxygen atoms in total. The number of aryl methyl sites for hydroxylation is 4. The summed E-state index contributed by atoms with van der Waals surface area (Å²) >= 11 is 0. The van der Waals surface area contributed by atoms with Crippen LogP contribution < -0.4 is 0 Å². The Bertz CT molecular complexity index is 724. The lowest BCUT2D eigenvalue weighted by Gasteiger charge is -2.06. The molecular formula is C28H38O4. The Balaban J connectivity index is 1.48. The first-order valence-electron chi connectivity index (χ1n) is 12.1. The second kappa shape index (κ2) is 15.2. The summed E-state index contributed by atoms with van der Waals surface area (Å²) in [4.78, 5) is 21.2. The van der Waals surface area contributed by atoms with Crippen LogP contribution in [0.3, 0.4) is 0 Å². The summed E-state index contributed by atoms with van der Waals surface area (Å²) in [5.41, 5.74) is 5.20. The van der Waals surface area contributed by atoms with Gasteiger partial charge in [0.1, 0.15) is 0 Å². The fourth-order valence-corrected chi connectivity index (χ4v) is 4.00. The van der Waals surface area contributed by atoms with Crippen molar-refractivity contribution in [2.24, 2.45) is 0 Å². The van der Waals surface area contributed by atoms with Crippen LogP contribution >= 0.6 is 0 Å². The summed E-state index contributed by atoms with van der Waals surface area (Å²) in [6.45, 7) is 0. The van der Waals surface area contributed by atoms with Gasteiger partial charge in [0.15, 0.2) is 0 Å². The van der Waals surface area contributed by atoms with Crippen molar-refractivity contribution in [3.05, 3.63) is 70.8 Å². The monoisotopic (exact) mass is 438 g/mol. The van der Waals surface area contributed by atoms with Gasteiger partial charge in [-0.2, -0.15) is 0 Å². The van der Waals surface area contributed by atoms with Crippen molar-refractivity contribution in [2.75, 3.05) is 0 Å². The maximum Gasteiger partial charge on any atom is 0.303 e. The third-order valence-electron chi connectivity index (χ3n) is 5.94. The van der Waals surface area contributed by atoms with E-state index in [1.54, 1.807) is 0 Å².